The monoisotopic (exact) mass is 409 g/mol. The molecule has 0 aromatic heterocycles. The molecule has 2 bridgehead atoms. The molecule has 0 saturated carbocycles. The van der Waals surface area contributed by atoms with Gasteiger partial charge >= 0.3 is 0 Å². The second-order valence-electron chi connectivity index (χ2n) is 7.35. The zero-order chi connectivity index (χ0) is 20.5. The van der Waals surface area contributed by atoms with Crippen LogP contribution in [0.4, 0.5) is 0 Å². The maximum absolute atomic E-state index is 12.8. The van der Waals surface area contributed by atoms with Crippen molar-refractivity contribution in [2.45, 2.75) is 43.0 Å². The van der Waals surface area contributed by atoms with Crippen LogP contribution in [0.1, 0.15) is 31.2 Å². The molecule has 0 aliphatic carbocycles. The van der Waals surface area contributed by atoms with Gasteiger partial charge in [-0.25, -0.2) is 8.42 Å². The Morgan fingerprint density at radius 1 is 1.04 bits per heavy atom. The lowest BCUT2D eigenvalue weighted by Crippen LogP contribution is -2.49. The highest BCUT2D eigenvalue weighted by Gasteiger charge is 2.45. The number of sulfone groups is 1. The Morgan fingerprint density at radius 3 is 2.00 bits per heavy atom. The molecule has 1 aromatic carbocycles. The van der Waals surface area contributed by atoms with Crippen LogP contribution in [0.25, 0.3) is 6.08 Å². The molecule has 2 aliphatic rings. The first kappa shape index (κ1) is 20.5. The maximum atomic E-state index is 12.8. The summed E-state index contributed by atoms with van der Waals surface area (Å²) in [5.41, 5.74) is 0.751. The number of amides is 1. The minimum Gasteiger partial charge on any atom is -0.493 e. The van der Waals surface area contributed by atoms with E-state index in [1.54, 1.807) is 32.4 Å². The Hall–Kier alpha value is -2.22. The van der Waals surface area contributed by atoms with Gasteiger partial charge in [0, 0.05) is 24.4 Å². The zero-order valence-corrected chi connectivity index (χ0v) is 17.5. The van der Waals surface area contributed by atoms with Crippen LogP contribution in [0.5, 0.6) is 17.2 Å². The van der Waals surface area contributed by atoms with Gasteiger partial charge in [0.15, 0.2) is 11.5 Å². The molecule has 0 radical (unpaired) electrons. The Labute approximate surface area is 166 Å². The normalized spacial score (nSPS) is 24.4. The molecule has 2 unspecified atom stereocenters. The summed E-state index contributed by atoms with van der Waals surface area (Å²) < 4.78 is 39.8. The number of hydrogen-bond acceptors (Lipinski definition) is 6. The number of fused-ring (bicyclic) bond motifs is 2. The number of carbonyl (C=O) groups excluding carboxylic acids is 1. The van der Waals surface area contributed by atoms with Crippen LogP contribution in [0.3, 0.4) is 0 Å². The molecule has 2 saturated heterocycles. The van der Waals surface area contributed by atoms with Crippen LogP contribution in [0.2, 0.25) is 0 Å². The number of nitrogens with zero attached hydrogens (tertiary/aromatic N) is 1. The third-order valence-corrected chi connectivity index (χ3v) is 7.25. The van der Waals surface area contributed by atoms with Crippen LogP contribution < -0.4 is 14.2 Å². The fraction of sp³-hybridized carbons (Fsp3) is 0.550. The van der Waals surface area contributed by atoms with Crippen LogP contribution >= 0.6 is 0 Å². The van der Waals surface area contributed by atoms with E-state index in [0.29, 0.717) is 30.1 Å². The summed E-state index contributed by atoms with van der Waals surface area (Å²) in [5, 5.41) is -0.340. The largest absolute Gasteiger partial charge is 0.493 e. The van der Waals surface area contributed by atoms with Gasteiger partial charge in [0.1, 0.15) is 9.84 Å². The van der Waals surface area contributed by atoms with Gasteiger partial charge in [0.25, 0.3) is 0 Å². The van der Waals surface area contributed by atoms with Crippen molar-refractivity contribution >= 4 is 21.8 Å². The Bertz CT molecular complexity index is 840. The SMILES string of the molecule is COc1cc(/C=C/C(=O)N2C3CCC2CC(S(C)(=O)=O)C3)cc(OC)c1OC. The fourth-order valence-corrected chi connectivity index (χ4v) is 5.43. The number of benzene rings is 1. The molecule has 7 nitrogen and oxygen atoms in total. The van der Waals surface area contributed by atoms with E-state index < -0.39 is 9.84 Å². The molecule has 3 rings (SSSR count). The molecule has 1 aromatic rings. The molecule has 2 heterocycles. The van der Waals surface area contributed by atoms with Crippen molar-refractivity contribution in [3.8, 4) is 17.2 Å². The first-order chi connectivity index (χ1) is 13.3. The molecule has 8 heteroatoms. The highest BCUT2D eigenvalue weighted by atomic mass is 32.2. The predicted octanol–water partition coefficient (Wildman–Crippen LogP) is 2.29. The minimum absolute atomic E-state index is 0.00411. The second kappa shape index (κ2) is 8.03. The van der Waals surface area contributed by atoms with E-state index in [2.05, 4.69) is 0 Å². The van der Waals surface area contributed by atoms with Gasteiger partial charge < -0.3 is 19.1 Å². The molecule has 0 spiro atoms. The van der Waals surface area contributed by atoms with Crippen molar-refractivity contribution in [3.05, 3.63) is 23.8 Å². The van der Waals surface area contributed by atoms with E-state index >= 15 is 0 Å². The standard InChI is InChI=1S/C20H27NO6S/c1-25-17-9-13(10-18(26-2)20(17)27-3)5-8-19(22)21-14-6-7-15(21)12-16(11-14)28(4,23)24/h5,8-10,14-16H,6-7,11-12H2,1-4H3/b8-5+. The molecule has 1 amide bonds. The summed E-state index contributed by atoms with van der Waals surface area (Å²) >= 11 is 0. The highest BCUT2D eigenvalue weighted by Crippen LogP contribution is 2.40. The quantitative estimate of drug-likeness (QED) is 0.671. The summed E-state index contributed by atoms with van der Waals surface area (Å²) in [6.07, 6.45) is 7.32. The number of methoxy groups -OCH3 is 3. The lowest BCUT2D eigenvalue weighted by molar-refractivity contribution is -0.130. The molecule has 2 atom stereocenters. The van der Waals surface area contributed by atoms with Gasteiger partial charge in [-0.2, -0.15) is 0 Å². The molecule has 2 fully saturated rings. The molecule has 154 valence electrons. The number of ether oxygens (including phenoxy) is 3. The van der Waals surface area contributed by atoms with Crippen molar-refractivity contribution < 1.29 is 27.4 Å². The van der Waals surface area contributed by atoms with E-state index in [-0.39, 0.29) is 23.2 Å². The van der Waals surface area contributed by atoms with Crippen molar-refractivity contribution in [3.63, 3.8) is 0 Å². The number of piperidine rings is 1. The van der Waals surface area contributed by atoms with Crippen LogP contribution in [-0.4, -0.2) is 64.1 Å². The van der Waals surface area contributed by atoms with E-state index in [1.165, 1.54) is 19.4 Å². The number of carbonyl (C=O) groups is 1. The van der Waals surface area contributed by atoms with E-state index in [0.717, 1.165) is 18.4 Å². The van der Waals surface area contributed by atoms with Crippen molar-refractivity contribution in [1.82, 2.24) is 4.90 Å². The number of rotatable bonds is 6. The van der Waals surface area contributed by atoms with Crippen molar-refractivity contribution in [2.24, 2.45) is 0 Å². The first-order valence-electron chi connectivity index (χ1n) is 9.27. The first-order valence-corrected chi connectivity index (χ1v) is 11.2. The van der Waals surface area contributed by atoms with Crippen molar-refractivity contribution in [1.29, 1.82) is 0 Å². The predicted molar refractivity (Wildman–Crippen MR) is 107 cm³/mol. The topological polar surface area (TPSA) is 82.1 Å². The summed E-state index contributed by atoms with van der Waals surface area (Å²) in [6, 6.07) is 3.54. The van der Waals surface area contributed by atoms with Gasteiger partial charge in [-0.05, 0) is 49.5 Å². The minimum atomic E-state index is -3.07. The number of hydrogen-bond donors (Lipinski definition) is 0. The average Bonchev–Trinajstić information content (AvgIpc) is 2.93. The van der Waals surface area contributed by atoms with Gasteiger partial charge in [-0.1, -0.05) is 0 Å². The molecule has 0 N–H and O–H groups in total. The van der Waals surface area contributed by atoms with E-state index in [9.17, 15) is 13.2 Å². The lowest BCUT2D eigenvalue weighted by atomic mass is 10.0. The Morgan fingerprint density at radius 2 is 1.57 bits per heavy atom. The summed E-state index contributed by atoms with van der Waals surface area (Å²) in [5.74, 6) is 1.44. The Balaban J connectivity index is 1.78. The fourth-order valence-electron chi connectivity index (χ4n) is 4.29. The van der Waals surface area contributed by atoms with Crippen molar-refractivity contribution in [2.75, 3.05) is 27.6 Å². The summed E-state index contributed by atoms with van der Waals surface area (Å²) in [6.45, 7) is 0. The van der Waals surface area contributed by atoms with E-state index in [1.807, 2.05) is 4.90 Å². The summed E-state index contributed by atoms with van der Waals surface area (Å²) in [4.78, 5) is 14.7. The van der Waals surface area contributed by atoms with Gasteiger partial charge in [0.2, 0.25) is 11.7 Å². The lowest BCUT2D eigenvalue weighted by Gasteiger charge is -2.37. The Kier molecular flexibility index (Phi) is 5.88. The smallest absolute Gasteiger partial charge is 0.247 e. The molecule has 2 aliphatic heterocycles. The van der Waals surface area contributed by atoms with Gasteiger partial charge in [-0.3, -0.25) is 4.79 Å². The van der Waals surface area contributed by atoms with Crippen LogP contribution in [-0.2, 0) is 14.6 Å². The molecular weight excluding hydrogens is 382 g/mol. The second-order valence-corrected chi connectivity index (χ2v) is 9.67. The van der Waals surface area contributed by atoms with Gasteiger partial charge in [-0.15, -0.1) is 0 Å². The van der Waals surface area contributed by atoms with E-state index in [4.69, 9.17) is 14.2 Å². The van der Waals surface area contributed by atoms with Gasteiger partial charge in [0.05, 0.1) is 26.6 Å². The van der Waals surface area contributed by atoms with Crippen LogP contribution in [0.15, 0.2) is 18.2 Å². The molecule has 28 heavy (non-hydrogen) atoms. The zero-order valence-electron chi connectivity index (χ0n) is 16.7. The third kappa shape index (κ3) is 3.97. The third-order valence-electron chi connectivity index (χ3n) is 5.66. The average molecular weight is 410 g/mol. The summed E-state index contributed by atoms with van der Waals surface area (Å²) in [7, 11) is 1.55. The van der Waals surface area contributed by atoms with Crippen LogP contribution in [0, 0.1) is 0 Å². The molecular formula is C20H27NO6S. The highest BCUT2D eigenvalue weighted by molar-refractivity contribution is 7.91. The maximum Gasteiger partial charge on any atom is 0.247 e.